The summed E-state index contributed by atoms with van der Waals surface area (Å²) in [6.45, 7) is 13.5. The molecule has 0 aliphatic heterocycles. The zero-order valence-corrected chi connectivity index (χ0v) is 15.9. The number of hydrogen-bond donors (Lipinski definition) is 1. The van der Waals surface area contributed by atoms with Gasteiger partial charge in [0.15, 0.2) is 5.78 Å². The van der Waals surface area contributed by atoms with Gasteiger partial charge in [0.25, 0.3) is 0 Å². The van der Waals surface area contributed by atoms with Crippen LogP contribution in [-0.4, -0.2) is 23.5 Å². The number of Topliss-reactive ketones (excluding diaryl/α,β-unsaturated/α-hetero) is 2. The third kappa shape index (κ3) is 8.29. The first-order valence-corrected chi connectivity index (χ1v) is 8.96. The molecule has 4 nitrogen and oxygen atoms in total. The molecule has 0 heterocycles. The van der Waals surface area contributed by atoms with Crippen LogP contribution in [-0.2, 0) is 14.4 Å². The Morgan fingerprint density at radius 2 is 1.52 bits per heavy atom. The van der Waals surface area contributed by atoms with E-state index in [1.165, 1.54) is 0 Å². The van der Waals surface area contributed by atoms with Gasteiger partial charge in [-0.15, -0.1) is 0 Å². The van der Waals surface area contributed by atoms with Crippen LogP contribution in [0.3, 0.4) is 0 Å². The van der Waals surface area contributed by atoms with Crippen molar-refractivity contribution in [2.24, 2.45) is 23.7 Å². The lowest BCUT2D eigenvalue weighted by molar-refractivity contribution is -0.132. The third-order valence-corrected chi connectivity index (χ3v) is 4.17. The van der Waals surface area contributed by atoms with E-state index in [0.29, 0.717) is 5.92 Å². The average molecular weight is 325 g/mol. The highest BCUT2D eigenvalue weighted by Gasteiger charge is 2.27. The molecule has 3 atom stereocenters. The molecule has 0 aliphatic rings. The molecule has 0 aromatic rings. The number of amides is 1. The summed E-state index contributed by atoms with van der Waals surface area (Å²) in [5, 5.41) is 2.80. The fourth-order valence-electron chi connectivity index (χ4n) is 2.83. The van der Waals surface area contributed by atoms with Gasteiger partial charge in [-0.25, -0.2) is 0 Å². The second-order valence-corrected chi connectivity index (χ2v) is 7.47. The van der Waals surface area contributed by atoms with Gasteiger partial charge in [-0.2, -0.15) is 0 Å². The molecule has 0 saturated carbocycles. The predicted molar refractivity (Wildman–Crippen MR) is 94.1 cm³/mol. The zero-order chi connectivity index (χ0) is 18.2. The molecule has 0 aromatic heterocycles. The normalized spacial score (nSPS) is 15.3. The third-order valence-electron chi connectivity index (χ3n) is 4.17. The highest BCUT2D eigenvalue weighted by atomic mass is 16.2. The fourth-order valence-corrected chi connectivity index (χ4v) is 2.83. The number of carbonyl (C=O) groups is 3. The van der Waals surface area contributed by atoms with Gasteiger partial charge in [0.2, 0.25) is 5.91 Å². The fraction of sp³-hybridized carbons (Fsp3) is 0.842. The zero-order valence-electron chi connectivity index (χ0n) is 15.9. The molecule has 0 saturated heterocycles. The molecule has 0 aliphatic carbocycles. The maximum absolute atomic E-state index is 12.4. The molecule has 0 aromatic carbocycles. The number of ketones is 2. The second kappa shape index (κ2) is 10.6. The Bertz CT molecular complexity index is 401. The molecule has 1 N–H and O–H groups in total. The van der Waals surface area contributed by atoms with Gasteiger partial charge >= 0.3 is 0 Å². The van der Waals surface area contributed by atoms with E-state index in [2.05, 4.69) is 19.2 Å². The Morgan fingerprint density at radius 1 is 0.957 bits per heavy atom. The summed E-state index contributed by atoms with van der Waals surface area (Å²) >= 11 is 0. The molecule has 134 valence electrons. The molecule has 0 rings (SSSR count). The summed E-state index contributed by atoms with van der Waals surface area (Å²) in [7, 11) is 0. The molecular formula is C19H35NO3. The van der Waals surface area contributed by atoms with Crippen LogP contribution in [0, 0.1) is 23.7 Å². The van der Waals surface area contributed by atoms with Crippen molar-refractivity contribution in [3.8, 4) is 0 Å². The number of rotatable bonds is 11. The molecule has 0 bridgehead atoms. The number of nitrogens with one attached hydrogen (secondary N) is 1. The van der Waals surface area contributed by atoms with Crippen LogP contribution in [0.2, 0.25) is 0 Å². The van der Waals surface area contributed by atoms with Gasteiger partial charge in [-0.05, 0) is 25.7 Å². The smallest absolute Gasteiger partial charge is 0.223 e. The van der Waals surface area contributed by atoms with Gasteiger partial charge in [0.1, 0.15) is 5.78 Å². The standard InChI is InChI=1S/C19H35NO3/c1-8-9-16(18(22)13(4)5)11-17(21)15(7)20-19(23)14(6)10-12(2)3/h12-16H,8-11H2,1-7H3,(H,20,23)/t14-,15+,16-/m1/s1. The van der Waals surface area contributed by atoms with Gasteiger partial charge in [0.05, 0.1) is 6.04 Å². The second-order valence-electron chi connectivity index (χ2n) is 7.47. The van der Waals surface area contributed by atoms with Crippen LogP contribution in [0.4, 0.5) is 0 Å². The van der Waals surface area contributed by atoms with Crippen molar-refractivity contribution >= 4 is 17.5 Å². The summed E-state index contributed by atoms with van der Waals surface area (Å²) in [5.74, 6) is 0.0693. The quantitative estimate of drug-likeness (QED) is 0.629. The van der Waals surface area contributed by atoms with Crippen molar-refractivity contribution in [3.05, 3.63) is 0 Å². The van der Waals surface area contributed by atoms with Crippen molar-refractivity contribution in [2.45, 2.75) is 80.2 Å². The van der Waals surface area contributed by atoms with Crippen molar-refractivity contribution in [2.75, 3.05) is 0 Å². The molecule has 0 radical (unpaired) electrons. The van der Waals surface area contributed by atoms with Crippen molar-refractivity contribution in [1.29, 1.82) is 0 Å². The Morgan fingerprint density at radius 3 is 1.96 bits per heavy atom. The SMILES string of the molecule is CCC[C@H](CC(=O)[C@H](C)NC(=O)[C@H](C)CC(C)C)C(=O)C(C)C. The summed E-state index contributed by atoms with van der Waals surface area (Å²) in [6, 6.07) is -0.531. The van der Waals surface area contributed by atoms with Crippen molar-refractivity contribution in [3.63, 3.8) is 0 Å². The van der Waals surface area contributed by atoms with Crippen molar-refractivity contribution < 1.29 is 14.4 Å². The van der Waals surface area contributed by atoms with E-state index in [1.54, 1.807) is 6.92 Å². The first-order chi connectivity index (χ1) is 10.6. The van der Waals surface area contributed by atoms with Crippen LogP contribution in [0.5, 0.6) is 0 Å². The van der Waals surface area contributed by atoms with E-state index >= 15 is 0 Å². The maximum Gasteiger partial charge on any atom is 0.223 e. The van der Waals surface area contributed by atoms with Crippen LogP contribution in [0.1, 0.15) is 74.1 Å². The Kier molecular flexibility index (Phi) is 10.0. The first kappa shape index (κ1) is 21.8. The highest BCUT2D eigenvalue weighted by Crippen LogP contribution is 2.19. The lowest BCUT2D eigenvalue weighted by atomic mass is 9.86. The average Bonchev–Trinajstić information content (AvgIpc) is 2.44. The van der Waals surface area contributed by atoms with Gasteiger partial charge < -0.3 is 5.32 Å². The van der Waals surface area contributed by atoms with Gasteiger partial charge in [-0.3, -0.25) is 14.4 Å². The molecular weight excluding hydrogens is 290 g/mol. The molecule has 0 fully saturated rings. The number of carbonyl (C=O) groups excluding carboxylic acids is 3. The molecule has 0 spiro atoms. The molecule has 0 unspecified atom stereocenters. The van der Waals surface area contributed by atoms with E-state index in [1.807, 2.05) is 27.7 Å². The van der Waals surface area contributed by atoms with Crippen LogP contribution < -0.4 is 5.32 Å². The predicted octanol–water partition coefficient (Wildman–Crippen LogP) is 3.77. The minimum Gasteiger partial charge on any atom is -0.346 e. The van der Waals surface area contributed by atoms with Gasteiger partial charge in [-0.1, -0.05) is 48.0 Å². The first-order valence-electron chi connectivity index (χ1n) is 8.96. The van der Waals surface area contributed by atoms with Crippen LogP contribution >= 0.6 is 0 Å². The van der Waals surface area contributed by atoms with E-state index in [0.717, 1.165) is 19.3 Å². The van der Waals surface area contributed by atoms with Crippen LogP contribution in [0.15, 0.2) is 0 Å². The Labute approximate surface area is 141 Å². The lowest BCUT2D eigenvalue weighted by Gasteiger charge is -2.21. The highest BCUT2D eigenvalue weighted by molar-refractivity contribution is 5.93. The van der Waals surface area contributed by atoms with Crippen LogP contribution in [0.25, 0.3) is 0 Å². The van der Waals surface area contributed by atoms with E-state index in [-0.39, 0.29) is 41.6 Å². The Balaban J connectivity index is 4.63. The topological polar surface area (TPSA) is 63.2 Å². The van der Waals surface area contributed by atoms with E-state index < -0.39 is 6.04 Å². The molecule has 1 amide bonds. The summed E-state index contributed by atoms with van der Waals surface area (Å²) in [4.78, 5) is 36.7. The maximum atomic E-state index is 12.4. The largest absolute Gasteiger partial charge is 0.346 e. The number of hydrogen-bond acceptors (Lipinski definition) is 3. The monoisotopic (exact) mass is 325 g/mol. The van der Waals surface area contributed by atoms with Gasteiger partial charge in [0, 0.05) is 24.2 Å². The summed E-state index contributed by atoms with van der Waals surface area (Å²) in [5.41, 5.74) is 0. The Hall–Kier alpha value is -1.19. The lowest BCUT2D eigenvalue weighted by Crippen LogP contribution is -2.42. The molecule has 23 heavy (non-hydrogen) atoms. The summed E-state index contributed by atoms with van der Waals surface area (Å²) in [6.07, 6.45) is 2.64. The van der Waals surface area contributed by atoms with E-state index in [4.69, 9.17) is 0 Å². The minimum atomic E-state index is -0.531. The molecule has 4 heteroatoms. The summed E-state index contributed by atoms with van der Waals surface area (Å²) < 4.78 is 0. The minimum absolute atomic E-state index is 0.0532. The van der Waals surface area contributed by atoms with Crippen molar-refractivity contribution in [1.82, 2.24) is 5.32 Å². The van der Waals surface area contributed by atoms with E-state index in [9.17, 15) is 14.4 Å².